The molecule has 0 aromatic heterocycles. The highest BCUT2D eigenvalue weighted by atomic mass is 16.5. The molecule has 0 atom stereocenters. The lowest BCUT2D eigenvalue weighted by Crippen LogP contribution is -2.24. The van der Waals surface area contributed by atoms with Crippen LogP contribution >= 0.6 is 0 Å². The number of nitrogens with one attached hydrogen (secondary N) is 2. The monoisotopic (exact) mass is 448 g/mol. The number of carbonyl (C=O) groups is 2. The van der Waals surface area contributed by atoms with Gasteiger partial charge < -0.3 is 15.5 Å². The third-order valence-electron chi connectivity index (χ3n) is 5.34. The van der Waals surface area contributed by atoms with Gasteiger partial charge in [-0.25, -0.2) is 5.48 Å². The second kappa shape index (κ2) is 11.7. The lowest BCUT2D eigenvalue weighted by atomic mass is 9.99. The topological polar surface area (TPSA) is 119 Å². The van der Waals surface area contributed by atoms with E-state index in [0.717, 1.165) is 41.5 Å². The van der Waals surface area contributed by atoms with E-state index in [4.69, 9.17) is 5.21 Å². The molecule has 0 heterocycles. The minimum Gasteiger partial charge on any atom is -0.508 e. The van der Waals surface area contributed by atoms with Gasteiger partial charge in [-0.3, -0.25) is 14.8 Å². The highest BCUT2D eigenvalue weighted by Crippen LogP contribution is 2.30. The van der Waals surface area contributed by atoms with Gasteiger partial charge in [-0.15, -0.1) is 0 Å². The van der Waals surface area contributed by atoms with E-state index in [1.54, 1.807) is 29.7 Å². The van der Waals surface area contributed by atoms with E-state index in [2.05, 4.69) is 5.32 Å². The van der Waals surface area contributed by atoms with Crippen LogP contribution in [0.4, 0.5) is 0 Å². The molecule has 0 saturated heterocycles. The maximum Gasteiger partial charge on any atom is 0.251 e. The van der Waals surface area contributed by atoms with Gasteiger partial charge >= 0.3 is 0 Å². The molecular weight excluding hydrogens is 420 g/mol. The molecule has 33 heavy (non-hydrogen) atoms. The van der Waals surface area contributed by atoms with Crippen molar-refractivity contribution < 1.29 is 25.0 Å². The molecule has 0 spiro atoms. The quantitative estimate of drug-likeness (QED) is 0.176. The van der Waals surface area contributed by atoms with Crippen molar-refractivity contribution in [1.29, 1.82) is 0 Å². The number of phenolic OH excluding ortho intramolecular Hbond substituents is 2. The Morgan fingerprint density at radius 1 is 0.667 bits per heavy atom. The summed E-state index contributed by atoms with van der Waals surface area (Å²) < 4.78 is 0. The Balaban J connectivity index is 1.49. The Hall–Kier alpha value is -3.84. The largest absolute Gasteiger partial charge is 0.508 e. The molecule has 0 aliphatic rings. The second-order valence-corrected chi connectivity index (χ2v) is 7.85. The molecule has 7 heteroatoms. The van der Waals surface area contributed by atoms with E-state index >= 15 is 0 Å². The first-order chi connectivity index (χ1) is 16.0. The molecule has 7 nitrogen and oxygen atoms in total. The van der Waals surface area contributed by atoms with Crippen molar-refractivity contribution in [3.8, 4) is 33.8 Å². The van der Waals surface area contributed by atoms with Crippen LogP contribution in [0.2, 0.25) is 0 Å². The predicted molar refractivity (Wildman–Crippen MR) is 126 cm³/mol. The maximum atomic E-state index is 12.3. The Kier molecular flexibility index (Phi) is 8.43. The summed E-state index contributed by atoms with van der Waals surface area (Å²) in [5, 5.41) is 30.7. The molecule has 172 valence electrons. The zero-order valence-corrected chi connectivity index (χ0v) is 18.3. The predicted octanol–water partition coefficient (Wildman–Crippen LogP) is 4.62. The second-order valence-electron chi connectivity index (χ2n) is 7.85. The molecule has 0 fully saturated rings. The average Bonchev–Trinajstić information content (AvgIpc) is 2.82. The van der Waals surface area contributed by atoms with Crippen LogP contribution < -0.4 is 10.8 Å². The lowest BCUT2D eigenvalue weighted by molar-refractivity contribution is -0.129. The molecule has 0 aliphatic carbocycles. The van der Waals surface area contributed by atoms with E-state index in [1.807, 2.05) is 36.4 Å². The molecule has 0 unspecified atom stereocenters. The van der Waals surface area contributed by atoms with Crippen molar-refractivity contribution in [1.82, 2.24) is 10.8 Å². The van der Waals surface area contributed by atoms with Gasteiger partial charge in [0.15, 0.2) is 0 Å². The van der Waals surface area contributed by atoms with Gasteiger partial charge in [0.25, 0.3) is 5.91 Å². The van der Waals surface area contributed by atoms with Crippen LogP contribution in [0.25, 0.3) is 22.3 Å². The molecule has 2 amide bonds. The highest BCUT2D eigenvalue weighted by Gasteiger charge is 2.07. The van der Waals surface area contributed by atoms with Crippen LogP contribution in [0.3, 0.4) is 0 Å². The molecule has 0 aliphatic heterocycles. The number of aromatic hydroxyl groups is 2. The number of amides is 2. The molecular formula is C26H28N2O5. The Bertz CT molecular complexity index is 1060. The normalized spacial score (nSPS) is 10.6. The van der Waals surface area contributed by atoms with Crippen LogP contribution in [-0.4, -0.2) is 33.8 Å². The van der Waals surface area contributed by atoms with E-state index in [0.29, 0.717) is 24.9 Å². The summed E-state index contributed by atoms with van der Waals surface area (Å²) in [7, 11) is 0. The fourth-order valence-corrected chi connectivity index (χ4v) is 3.56. The first kappa shape index (κ1) is 23.8. The maximum absolute atomic E-state index is 12.3. The van der Waals surface area contributed by atoms with Crippen molar-refractivity contribution in [3.05, 3.63) is 72.3 Å². The van der Waals surface area contributed by atoms with Crippen LogP contribution in [0.1, 0.15) is 42.5 Å². The summed E-state index contributed by atoms with van der Waals surface area (Å²) >= 11 is 0. The summed E-state index contributed by atoms with van der Waals surface area (Å²) in [4.78, 5) is 23.3. The molecule has 0 radical (unpaired) electrons. The number of rotatable bonds is 10. The van der Waals surface area contributed by atoms with Gasteiger partial charge in [-0.1, -0.05) is 49.2 Å². The Labute approximate surface area is 192 Å². The third-order valence-corrected chi connectivity index (χ3v) is 5.34. The number of hydrogen-bond donors (Lipinski definition) is 5. The standard InChI is InChI=1S/C26H28N2O5/c29-23-15-22(16-24(30)17-23)20-8-6-18(7-9-20)19-10-12-21(13-11-19)26(32)27-14-4-2-1-3-5-25(31)28-33/h6-13,15-17,29-30,33H,1-5,14H2,(H,27,32)(H,28,31). The van der Waals surface area contributed by atoms with Crippen LogP contribution in [0.5, 0.6) is 11.5 Å². The fraction of sp³-hybridized carbons (Fsp3) is 0.231. The summed E-state index contributed by atoms with van der Waals surface area (Å²) in [6, 6.07) is 19.6. The SMILES string of the molecule is O=C(CCCCCCNC(=O)c1ccc(-c2ccc(-c3cc(O)cc(O)c3)cc2)cc1)NO. The number of benzene rings is 3. The van der Waals surface area contributed by atoms with Gasteiger partial charge in [-0.05, 0) is 59.4 Å². The van der Waals surface area contributed by atoms with E-state index in [-0.39, 0.29) is 23.3 Å². The zero-order chi connectivity index (χ0) is 23.6. The van der Waals surface area contributed by atoms with Crippen molar-refractivity contribution in [2.45, 2.75) is 32.1 Å². The van der Waals surface area contributed by atoms with Gasteiger partial charge in [0, 0.05) is 24.6 Å². The zero-order valence-electron chi connectivity index (χ0n) is 18.3. The number of hydrogen-bond acceptors (Lipinski definition) is 5. The molecule has 5 N–H and O–H groups in total. The van der Waals surface area contributed by atoms with Gasteiger partial charge in [0.2, 0.25) is 5.91 Å². The van der Waals surface area contributed by atoms with E-state index < -0.39 is 0 Å². The number of hydroxylamine groups is 1. The summed E-state index contributed by atoms with van der Waals surface area (Å²) in [5.41, 5.74) is 5.77. The molecule has 0 bridgehead atoms. The van der Waals surface area contributed by atoms with E-state index in [9.17, 15) is 19.8 Å². The average molecular weight is 449 g/mol. The summed E-state index contributed by atoms with van der Waals surface area (Å²) in [6.45, 7) is 0.568. The molecule has 3 aromatic rings. The fourth-order valence-electron chi connectivity index (χ4n) is 3.56. The lowest BCUT2D eigenvalue weighted by Gasteiger charge is -2.08. The molecule has 3 rings (SSSR count). The smallest absolute Gasteiger partial charge is 0.251 e. The third kappa shape index (κ3) is 7.08. The minimum absolute atomic E-state index is 0.00929. The van der Waals surface area contributed by atoms with Crippen molar-refractivity contribution in [3.63, 3.8) is 0 Å². The highest BCUT2D eigenvalue weighted by molar-refractivity contribution is 5.94. The van der Waals surface area contributed by atoms with E-state index in [1.165, 1.54) is 6.07 Å². The Morgan fingerprint density at radius 2 is 1.18 bits per heavy atom. The van der Waals surface area contributed by atoms with Crippen LogP contribution in [0, 0.1) is 0 Å². The van der Waals surface area contributed by atoms with Crippen LogP contribution in [-0.2, 0) is 4.79 Å². The van der Waals surface area contributed by atoms with Crippen molar-refractivity contribution in [2.24, 2.45) is 0 Å². The molecule has 3 aromatic carbocycles. The number of unbranched alkanes of at least 4 members (excludes halogenated alkanes) is 3. The molecule has 0 saturated carbocycles. The van der Waals surface area contributed by atoms with Crippen molar-refractivity contribution in [2.75, 3.05) is 6.54 Å². The Morgan fingerprint density at radius 3 is 1.76 bits per heavy atom. The first-order valence-electron chi connectivity index (χ1n) is 10.9. The van der Waals surface area contributed by atoms with Gasteiger partial charge in [-0.2, -0.15) is 0 Å². The summed E-state index contributed by atoms with van der Waals surface area (Å²) in [5.74, 6) is -0.482. The van der Waals surface area contributed by atoms with Gasteiger partial charge in [0.05, 0.1) is 0 Å². The summed E-state index contributed by atoms with van der Waals surface area (Å²) in [6.07, 6.45) is 3.60. The number of carbonyl (C=O) groups excluding carboxylic acids is 2. The number of phenols is 2. The van der Waals surface area contributed by atoms with Gasteiger partial charge in [0.1, 0.15) is 11.5 Å². The minimum atomic E-state index is -0.375. The van der Waals surface area contributed by atoms with Crippen molar-refractivity contribution >= 4 is 11.8 Å². The first-order valence-corrected chi connectivity index (χ1v) is 10.9. The van der Waals surface area contributed by atoms with Crippen LogP contribution in [0.15, 0.2) is 66.7 Å².